The third kappa shape index (κ3) is 2.42. The first-order valence-corrected chi connectivity index (χ1v) is 6.21. The summed E-state index contributed by atoms with van der Waals surface area (Å²) in [5.74, 6) is -0.208. The van der Waals surface area contributed by atoms with E-state index in [-0.39, 0.29) is 11.2 Å². The Hall–Kier alpha value is -1.54. The van der Waals surface area contributed by atoms with Crippen LogP contribution in [0.4, 0.5) is 0 Å². The van der Waals surface area contributed by atoms with Crippen molar-refractivity contribution in [2.45, 2.75) is 30.5 Å². The van der Waals surface area contributed by atoms with Gasteiger partial charge in [-0.15, -0.1) is 0 Å². The molecule has 2 rings (SSSR count). The van der Waals surface area contributed by atoms with Crippen LogP contribution in [0.15, 0.2) is 11.1 Å². The number of esters is 1. The highest BCUT2D eigenvalue weighted by atomic mass is 32.2. The molecule has 5 heteroatoms. The number of carbonyl (C=O) groups is 1. The molecule has 17 heavy (non-hydrogen) atoms. The molecule has 0 aliphatic carbocycles. The van der Waals surface area contributed by atoms with Crippen LogP contribution in [0.3, 0.4) is 0 Å². The van der Waals surface area contributed by atoms with E-state index >= 15 is 0 Å². The number of thioether (sulfide) groups is 1. The monoisotopic (exact) mass is 248 g/mol. The lowest BCUT2D eigenvalue weighted by molar-refractivity contribution is -0.137. The van der Waals surface area contributed by atoms with Crippen molar-refractivity contribution in [3.05, 3.63) is 22.9 Å². The van der Waals surface area contributed by atoms with Crippen LogP contribution in [0.25, 0.3) is 0 Å². The fraction of sp³-hybridized carbons (Fsp3) is 0.417. The molecule has 1 aromatic heterocycles. The van der Waals surface area contributed by atoms with Crippen molar-refractivity contribution in [3.8, 4) is 6.07 Å². The Morgan fingerprint density at radius 3 is 2.94 bits per heavy atom. The van der Waals surface area contributed by atoms with E-state index in [4.69, 9.17) is 10.00 Å². The average molecular weight is 248 g/mol. The van der Waals surface area contributed by atoms with Gasteiger partial charge in [0.1, 0.15) is 16.3 Å². The Morgan fingerprint density at radius 1 is 1.59 bits per heavy atom. The summed E-state index contributed by atoms with van der Waals surface area (Å²) in [4.78, 5) is 15.7. The van der Waals surface area contributed by atoms with Crippen molar-refractivity contribution in [1.29, 1.82) is 5.26 Å². The van der Waals surface area contributed by atoms with Crippen LogP contribution >= 0.6 is 11.8 Å². The van der Waals surface area contributed by atoms with Gasteiger partial charge >= 0.3 is 5.97 Å². The lowest BCUT2D eigenvalue weighted by atomic mass is 10.1. The predicted molar refractivity (Wildman–Crippen MR) is 63.6 cm³/mol. The number of nitrogens with zero attached hydrogens (tertiary/aromatic N) is 2. The van der Waals surface area contributed by atoms with Gasteiger partial charge in [-0.05, 0) is 25.5 Å². The summed E-state index contributed by atoms with van der Waals surface area (Å²) in [6, 6.07) is 4.02. The van der Waals surface area contributed by atoms with Crippen molar-refractivity contribution in [2.75, 3.05) is 6.61 Å². The molecule has 0 amide bonds. The Kier molecular flexibility index (Phi) is 3.34. The lowest BCUT2D eigenvalue weighted by Gasteiger charge is -2.09. The summed E-state index contributed by atoms with van der Waals surface area (Å²) in [5.41, 5.74) is 2.31. The van der Waals surface area contributed by atoms with E-state index in [1.54, 1.807) is 0 Å². The number of pyridine rings is 1. The summed E-state index contributed by atoms with van der Waals surface area (Å²) in [6.07, 6.45) is 0.684. The van der Waals surface area contributed by atoms with Gasteiger partial charge in [0.15, 0.2) is 0 Å². The van der Waals surface area contributed by atoms with Gasteiger partial charge in [0.05, 0.1) is 12.2 Å². The van der Waals surface area contributed by atoms with Crippen LogP contribution in [0, 0.1) is 25.2 Å². The van der Waals surface area contributed by atoms with Gasteiger partial charge in [-0.25, -0.2) is 4.98 Å². The summed E-state index contributed by atoms with van der Waals surface area (Å²) in [7, 11) is 0. The number of hydrogen-bond acceptors (Lipinski definition) is 5. The van der Waals surface area contributed by atoms with Crippen molar-refractivity contribution in [2.24, 2.45) is 0 Å². The Bertz CT molecular complexity index is 508. The third-order valence-corrected chi connectivity index (χ3v) is 3.80. The van der Waals surface area contributed by atoms with Crippen LogP contribution in [0.1, 0.15) is 23.2 Å². The molecule has 0 spiro atoms. The van der Waals surface area contributed by atoms with Gasteiger partial charge in [0.2, 0.25) is 0 Å². The first-order chi connectivity index (χ1) is 8.11. The van der Waals surface area contributed by atoms with Gasteiger partial charge in [-0.1, -0.05) is 11.8 Å². The molecule has 0 radical (unpaired) electrons. The van der Waals surface area contributed by atoms with Crippen LogP contribution < -0.4 is 0 Å². The van der Waals surface area contributed by atoms with Crippen LogP contribution in [0.5, 0.6) is 0 Å². The fourth-order valence-electron chi connectivity index (χ4n) is 1.74. The van der Waals surface area contributed by atoms with Gasteiger partial charge < -0.3 is 4.74 Å². The van der Waals surface area contributed by atoms with Crippen molar-refractivity contribution >= 4 is 17.7 Å². The van der Waals surface area contributed by atoms with E-state index < -0.39 is 0 Å². The summed E-state index contributed by atoms with van der Waals surface area (Å²) < 4.78 is 4.90. The molecule has 2 heterocycles. The third-order valence-electron chi connectivity index (χ3n) is 2.56. The second-order valence-electron chi connectivity index (χ2n) is 3.94. The maximum Gasteiger partial charge on any atom is 0.319 e. The highest BCUT2D eigenvalue weighted by Gasteiger charge is 2.29. The van der Waals surface area contributed by atoms with Gasteiger partial charge in [0.25, 0.3) is 0 Å². The molecule has 0 bridgehead atoms. The molecule has 0 N–H and O–H groups in total. The molecule has 0 unspecified atom stereocenters. The highest BCUT2D eigenvalue weighted by Crippen LogP contribution is 2.31. The molecule has 1 fully saturated rings. The van der Waals surface area contributed by atoms with Gasteiger partial charge in [0, 0.05) is 12.1 Å². The maximum absolute atomic E-state index is 11.4. The SMILES string of the molecule is Cc1cc(C)c(C#N)c(S[C@H]2CCOC2=O)n1. The first-order valence-electron chi connectivity index (χ1n) is 5.33. The van der Waals surface area contributed by atoms with E-state index in [1.807, 2.05) is 19.9 Å². The Labute approximate surface area is 104 Å². The minimum Gasteiger partial charge on any atom is -0.465 e. The van der Waals surface area contributed by atoms with E-state index in [1.165, 1.54) is 11.8 Å². The highest BCUT2D eigenvalue weighted by molar-refractivity contribution is 8.00. The quantitative estimate of drug-likeness (QED) is 0.749. The summed E-state index contributed by atoms with van der Waals surface area (Å²) in [5, 5.41) is 9.52. The molecule has 0 saturated carbocycles. The smallest absolute Gasteiger partial charge is 0.319 e. The van der Waals surface area contributed by atoms with Crippen molar-refractivity contribution in [3.63, 3.8) is 0 Å². The zero-order valence-corrected chi connectivity index (χ0v) is 10.5. The number of rotatable bonds is 2. The van der Waals surface area contributed by atoms with Crippen molar-refractivity contribution < 1.29 is 9.53 Å². The molecule has 1 aliphatic rings. The first kappa shape index (κ1) is 11.9. The van der Waals surface area contributed by atoms with E-state index in [9.17, 15) is 4.79 Å². The van der Waals surface area contributed by atoms with E-state index in [2.05, 4.69) is 11.1 Å². The van der Waals surface area contributed by atoms with E-state index in [0.717, 1.165) is 11.3 Å². The minimum atomic E-state index is -0.226. The average Bonchev–Trinajstić information content (AvgIpc) is 2.64. The number of aryl methyl sites for hydroxylation is 2. The predicted octanol–water partition coefficient (Wildman–Crippen LogP) is 1.98. The van der Waals surface area contributed by atoms with Crippen LogP contribution in [0.2, 0.25) is 0 Å². The van der Waals surface area contributed by atoms with Crippen molar-refractivity contribution in [1.82, 2.24) is 4.98 Å². The topological polar surface area (TPSA) is 63.0 Å². The lowest BCUT2D eigenvalue weighted by Crippen LogP contribution is -2.10. The van der Waals surface area contributed by atoms with Gasteiger partial charge in [-0.3, -0.25) is 4.79 Å². The molecule has 0 aromatic carbocycles. The van der Waals surface area contributed by atoms with Crippen LogP contribution in [-0.2, 0) is 9.53 Å². The molecular formula is C12H12N2O2S. The zero-order chi connectivity index (χ0) is 12.4. The number of ether oxygens (including phenoxy) is 1. The zero-order valence-electron chi connectivity index (χ0n) is 9.69. The second-order valence-corrected chi connectivity index (χ2v) is 5.13. The van der Waals surface area contributed by atoms with Gasteiger partial charge in [-0.2, -0.15) is 5.26 Å². The normalized spacial score (nSPS) is 18.9. The largest absolute Gasteiger partial charge is 0.465 e. The fourth-order valence-corrected chi connectivity index (χ4v) is 2.91. The molecule has 1 aromatic rings. The number of carbonyl (C=O) groups excluding carboxylic acids is 1. The molecule has 1 aliphatic heterocycles. The minimum absolute atomic E-state index is 0.208. The number of aromatic nitrogens is 1. The Balaban J connectivity index is 2.32. The Morgan fingerprint density at radius 2 is 2.35 bits per heavy atom. The number of hydrogen-bond donors (Lipinski definition) is 0. The number of nitriles is 1. The molecule has 88 valence electrons. The maximum atomic E-state index is 11.4. The molecular weight excluding hydrogens is 236 g/mol. The molecule has 1 atom stereocenters. The van der Waals surface area contributed by atoms with E-state index in [0.29, 0.717) is 23.6 Å². The standard InChI is InChI=1S/C12H12N2O2S/c1-7-5-8(2)14-11(9(7)6-13)17-10-3-4-16-12(10)15/h5,10H,3-4H2,1-2H3/t10-/m0/s1. The molecule has 1 saturated heterocycles. The van der Waals surface area contributed by atoms with Crippen LogP contribution in [-0.4, -0.2) is 22.8 Å². The molecule has 4 nitrogen and oxygen atoms in total. The summed E-state index contributed by atoms with van der Waals surface area (Å²) >= 11 is 1.33. The second kappa shape index (κ2) is 4.76. The number of cyclic esters (lactones) is 1. The summed E-state index contributed by atoms with van der Waals surface area (Å²) in [6.45, 7) is 4.22.